The van der Waals surface area contributed by atoms with Crippen LogP contribution >= 0.6 is 0 Å². The lowest BCUT2D eigenvalue weighted by Crippen LogP contribution is -2.77. The van der Waals surface area contributed by atoms with Gasteiger partial charge in [0.05, 0.1) is 29.3 Å². The molecule has 3 aliphatic heterocycles. The summed E-state index contributed by atoms with van der Waals surface area (Å²) >= 11 is 0. The maximum Gasteiger partial charge on any atom is 0.338 e. The van der Waals surface area contributed by atoms with Crippen molar-refractivity contribution < 1.29 is 54.4 Å². The lowest BCUT2D eigenvalue weighted by Gasteiger charge is -2.64. The molecule has 7 fully saturated rings. The van der Waals surface area contributed by atoms with E-state index in [0.29, 0.717) is 25.3 Å². The first kappa shape index (κ1) is 36.0. The maximum absolute atomic E-state index is 13.5. The Morgan fingerprint density at radius 2 is 1.76 bits per heavy atom. The molecule has 4 bridgehead atoms. The molecule has 12 nitrogen and oxygen atoms in total. The zero-order valence-corrected chi connectivity index (χ0v) is 30.2. The predicted molar refractivity (Wildman–Crippen MR) is 174 cm³/mol. The van der Waals surface area contributed by atoms with E-state index >= 15 is 0 Å². The van der Waals surface area contributed by atoms with Crippen LogP contribution in [0.3, 0.4) is 0 Å². The van der Waals surface area contributed by atoms with Crippen LogP contribution in [0.1, 0.15) is 99.8 Å². The molecular formula is C37H59NO11. The number of hydrogen-bond acceptors (Lipinski definition) is 12. The Hall–Kier alpha value is -1.38. The van der Waals surface area contributed by atoms with Crippen molar-refractivity contribution in [2.75, 3.05) is 13.1 Å². The Labute approximate surface area is 289 Å². The van der Waals surface area contributed by atoms with Crippen molar-refractivity contribution in [3.05, 3.63) is 0 Å². The van der Waals surface area contributed by atoms with E-state index in [0.717, 1.165) is 19.4 Å². The van der Waals surface area contributed by atoms with Gasteiger partial charge in [0.15, 0.2) is 17.8 Å². The number of esters is 2. The summed E-state index contributed by atoms with van der Waals surface area (Å²) in [6.07, 6.45) is -2.06. The summed E-state index contributed by atoms with van der Waals surface area (Å²) < 4.78 is 18.9. The molecule has 3 heterocycles. The van der Waals surface area contributed by atoms with Gasteiger partial charge in [0.1, 0.15) is 5.60 Å². The lowest BCUT2D eigenvalue weighted by atomic mass is 9.49. The average molecular weight is 694 g/mol. The molecule has 4 saturated carbocycles. The van der Waals surface area contributed by atoms with Crippen molar-refractivity contribution in [1.29, 1.82) is 0 Å². The summed E-state index contributed by atoms with van der Waals surface area (Å²) in [5, 5.41) is 73.4. The highest BCUT2D eigenvalue weighted by molar-refractivity contribution is 5.78. The summed E-state index contributed by atoms with van der Waals surface area (Å²) in [6, 6.07) is -0.218. The van der Waals surface area contributed by atoms with Crippen LogP contribution in [0.2, 0.25) is 0 Å². The molecule has 12 heteroatoms. The van der Waals surface area contributed by atoms with E-state index in [4.69, 9.17) is 14.2 Å². The van der Waals surface area contributed by atoms with Crippen LogP contribution in [0, 0.1) is 46.8 Å². The van der Waals surface area contributed by atoms with Crippen molar-refractivity contribution in [3.8, 4) is 0 Å². The minimum absolute atomic E-state index is 0.0202. The predicted octanol–water partition coefficient (Wildman–Crippen LogP) is 1.49. The van der Waals surface area contributed by atoms with Crippen molar-refractivity contribution >= 4 is 11.9 Å². The SMILES string of the molecule is CCC(C)C(=O)O[C@H]1[C@H](O)[C@H]2[C@@H](CN3C[C@@H](C)CC[C@H]3[C@@]2(C)O)[C@@H]2C[C@]34O[C@]5(O)[C@@H](OC(=O)C(C)(O)CC)CC[C@@]3(C)[C@@H]5C[C@@H](O)[C@H]4[C@@]21O. The Bertz CT molecular complexity index is 1360. The van der Waals surface area contributed by atoms with Gasteiger partial charge in [0.25, 0.3) is 0 Å². The quantitative estimate of drug-likeness (QED) is 0.221. The smallest absolute Gasteiger partial charge is 0.338 e. The van der Waals surface area contributed by atoms with Gasteiger partial charge in [0.2, 0.25) is 5.79 Å². The van der Waals surface area contributed by atoms with Crippen LogP contribution in [0.15, 0.2) is 0 Å². The zero-order chi connectivity index (χ0) is 35.9. The molecular weight excluding hydrogens is 634 g/mol. The Kier molecular flexibility index (Phi) is 8.31. The minimum atomic E-state index is -2.02. The van der Waals surface area contributed by atoms with Crippen LogP contribution in [-0.2, 0) is 23.8 Å². The summed E-state index contributed by atoms with van der Waals surface area (Å²) in [7, 11) is 0. The third kappa shape index (κ3) is 4.56. The van der Waals surface area contributed by atoms with Gasteiger partial charge in [-0.25, -0.2) is 4.79 Å². The largest absolute Gasteiger partial charge is 0.456 e. The highest BCUT2D eigenvalue weighted by atomic mass is 16.7. The molecule has 3 saturated heterocycles. The maximum atomic E-state index is 13.5. The Morgan fingerprint density at radius 3 is 2.41 bits per heavy atom. The van der Waals surface area contributed by atoms with E-state index in [1.165, 1.54) is 6.92 Å². The number of carbonyl (C=O) groups is 2. The van der Waals surface area contributed by atoms with Crippen molar-refractivity contribution in [2.24, 2.45) is 46.8 Å². The van der Waals surface area contributed by atoms with Crippen LogP contribution in [0.4, 0.5) is 0 Å². The van der Waals surface area contributed by atoms with E-state index in [1.54, 1.807) is 20.8 Å². The van der Waals surface area contributed by atoms with E-state index in [-0.39, 0.29) is 31.7 Å². The van der Waals surface area contributed by atoms with Gasteiger partial charge in [-0.15, -0.1) is 0 Å². The standard InChI is InChI=1S/C37H59NO11/c1-8-19(4)30(41)48-29-27(40)26-20(17-38-16-18(3)10-11-24(38)34(26,7)44)21-15-35-28(36(21,29)45)22(39)14-23-32(35,5)13-12-25(37(23,46)49-35)47-31(42)33(6,43)9-2/h18-29,39-40,43-46H,8-17H2,1-7H3/t18-,19?,20-,21-,22+,23-,24-,25-,26+,27+,28+,29-,32-,33?,34+,35+,36-,37-/m0/s1. The summed E-state index contributed by atoms with van der Waals surface area (Å²) in [6.45, 7) is 13.8. The first-order valence-electron chi connectivity index (χ1n) is 18.9. The summed E-state index contributed by atoms with van der Waals surface area (Å²) in [4.78, 5) is 28.9. The molecule has 0 amide bonds. The third-order valence-corrected chi connectivity index (χ3v) is 15.4. The van der Waals surface area contributed by atoms with Crippen molar-refractivity contribution in [1.82, 2.24) is 4.90 Å². The van der Waals surface area contributed by atoms with Gasteiger partial charge in [-0.05, 0) is 83.0 Å². The monoisotopic (exact) mass is 693 g/mol. The van der Waals surface area contributed by atoms with E-state index in [1.807, 2.05) is 13.8 Å². The van der Waals surface area contributed by atoms with Crippen LogP contribution in [0.25, 0.3) is 0 Å². The summed E-state index contributed by atoms with van der Waals surface area (Å²) in [5.74, 6) is -7.17. The number of aliphatic hydroxyl groups excluding tert-OH is 2. The Morgan fingerprint density at radius 1 is 1.06 bits per heavy atom. The fourth-order valence-electron chi connectivity index (χ4n) is 12.5. The van der Waals surface area contributed by atoms with E-state index < -0.39 is 105 Å². The molecule has 2 unspecified atom stereocenters. The van der Waals surface area contributed by atoms with E-state index in [9.17, 15) is 40.2 Å². The van der Waals surface area contributed by atoms with Gasteiger partial charge in [-0.1, -0.05) is 34.6 Å². The number of fused-ring (bicyclic) bond motifs is 5. The van der Waals surface area contributed by atoms with Crippen molar-refractivity contribution in [3.63, 3.8) is 0 Å². The molecule has 7 rings (SSSR count). The first-order chi connectivity index (χ1) is 22.7. The third-order valence-electron chi connectivity index (χ3n) is 15.4. The van der Waals surface area contributed by atoms with Gasteiger partial charge in [-0.3, -0.25) is 9.69 Å². The van der Waals surface area contributed by atoms with Crippen molar-refractivity contribution in [2.45, 2.75) is 158 Å². The first-order valence-corrected chi connectivity index (χ1v) is 18.9. The molecule has 7 aliphatic rings. The number of rotatable bonds is 6. The number of aliphatic hydroxyl groups is 6. The molecule has 18 atom stereocenters. The lowest BCUT2D eigenvalue weighted by molar-refractivity contribution is -0.300. The molecule has 6 N–H and O–H groups in total. The fraction of sp³-hybridized carbons (Fsp3) is 0.946. The van der Waals surface area contributed by atoms with Gasteiger partial charge in [-0.2, -0.15) is 0 Å². The van der Waals surface area contributed by atoms with E-state index in [2.05, 4.69) is 11.8 Å². The van der Waals surface area contributed by atoms with Gasteiger partial charge < -0.3 is 44.8 Å². The minimum Gasteiger partial charge on any atom is -0.456 e. The molecule has 1 spiro atoms. The number of carbonyl (C=O) groups excluding carboxylic acids is 2. The van der Waals surface area contributed by atoms with Gasteiger partial charge in [0, 0.05) is 42.3 Å². The second-order valence-corrected chi connectivity index (χ2v) is 18.0. The van der Waals surface area contributed by atoms with Crippen LogP contribution < -0.4 is 0 Å². The zero-order valence-electron chi connectivity index (χ0n) is 30.2. The highest BCUT2D eigenvalue weighted by Gasteiger charge is 2.87. The van der Waals surface area contributed by atoms with Crippen LogP contribution in [0.5, 0.6) is 0 Å². The number of piperidine rings is 2. The molecule has 0 radical (unpaired) electrons. The van der Waals surface area contributed by atoms with Gasteiger partial charge >= 0.3 is 11.9 Å². The second kappa shape index (κ2) is 11.3. The molecule has 49 heavy (non-hydrogen) atoms. The summed E-state index contributed by atoms with van der Waals surface area (Å²) in [5.41, 5.74) is -7.23. The highest BCUT2D eigenvalue weighted by Crippen LogP contribution is 2.77. The number of hydrogen-bond donors (Lipinski definition) is 6. The average Bonchev–Trinajstić information content (AvgIpc) is 3.31. The molecule has 0 aromatic rings. The molecule has 4 aliphatic carbocycles. The Balaban J connectivity index is 1.35. The van der Waals surface area contributed by atoms with Crippen LogP contribution in [-0.4, -0.2) is 119 Å². The normalized spacial score (nSPS) is 54.8. The second-order valence-electron chi connectivity index (χ2n) is 18.0. The molecule has 278 valence electrons. The number of nitrogens with zero attached hydrogens (tertiary/aromatic N) is 1. The number of ether oxygens (including phenoxy) is 3. The molecule has 0 aromatic heterocycles. The molecule has 0 aromatic carbocycles. The fourth-order valence-corrected chi connectivity index (χ4v) is 12.5. The topological polar surface area (TPSA) is 186 Å².